The van der Waals surface area contributed by atoms with Gasteiger partial charge < -0.3 is 10.8 Å². The Labute approximate surface area is 202 Å². The summed E-state index contributed by atoms with van der Waals surface area (Å²) in [5.41, 5.74) is 2.87. The van der Waals surface area contributed by atoms with Crippen LogP contribution >= 0.6 is 0 Å². The molecule has 2 aromatic heterocycles. The van der Waals surface area contributed by atoms with Gasteiger partial charge in [-0.1, -0.05) is 11.6 Å². The number of nitrogens with two attached hydrogens (primary N) is 1. The average molecular weight is 497 g/mol. The summed E-state index contributed by atoms with van der Waals surface area (Å²) in [5, 5.41) is 8.25. The maximum absolute atomic E-state index is 13.4. The highest BCUT2D eigenvalue weighted by Gasteiger charge is 2.61. The van der Waals surface area contributed by atoms with Gasteiger partial charge in [0.15, 0.2) is 17.2 Å². The molecule has 3 aliphatic carbocycles. The van der Waals surface area contributed by atoms with E-state index in [1.807, 2.05) is 0 Å². The second-order valence-corrected chi connectivity index (χ2v) is 11.1. The van der Waals surface area contributed by atoms with Crippen molar-refractivity contribution in [2.24, 2.45) is 0 Å². The third-order valence-corrected chi connectivity index (χ3v) is 8.18. The number of benzene rings is 1. The summed E-state index contributed by atoms with van der Waals surface area (Å²) in [6.45, 7) is 0. The zero-order chi connectivity index (χ0) is 25.6. The van der Waals surface area contributed by atoms with Crippen molar-refractivity contribution in [1.29, 1.82) is 0 Å². The fourth-order valence-electron chi connectivity index (χ4n) is 5.13. The number of alkyl halides is 3. The van der Waals surface area contributed by atoms with Crippen LogP contribution in [0.15, 0.2) is 35.5 Å². The SMILES string of the molecule is [B]C([B])([B])c1ccc(S(=O)(=O)NC23CCC(O)(C2)C3)cc1-c1cnc2c(N)nc(C(F)(F)F)cn12. The summed E-state index contributed by atoms with van der Waals surface area (Å²) in [6, 6.07) is 3.75. The summed E-state index contributed by atoms with van der Waals surface area (Å²) in [5.74, 6) is -0.476. The van der Waals surface area contributed by atoms with Crippen LogP contribution in [0.5, 0.6) is 0 Å². The van der Waals surface area contributed by atoms with Crippen LogP contribution in [-0.4, -0.2) is 62.6 Å². The number of aromatic nitrogens is 3. The molecule has 3 saturated carbocycles. The largest absolute Gasteiger partial charge is 0.434 e. The Hall–Kier alpha value is -2.51. The van der Waals surface area contributed by atoms with Gasteiger partial charge in [0.2, 0.25) is 10.0 Å². The number of hydrogen-bond donors (Lipinski definition) is 3. The molecule has 3 aromatic rings. The van der Waals surface area contributed by atoms with Gasteiger partial charge in [-0.15, -0.1) is 5.11 Å². The molecule has 0 saturated heterocycles. The second kappa shape index (κ2) is 7.26. The highest BCUT2D eigenvalue weighted by Crippen LogP contribution is 2.55. The molecule has 6 radical (unpaired) electrons. The van der Waals surface area contributed by atoms with Crippen LogP contribution in [0.25, 0.3) is 16.9 Å². The summed E-state index contributed by atoms with van der Waals surface area (Å²) >= 11 is 0. The third kappa shape index (κ3) is 4.03. The number of halogens is 3. The molecule has 2 heterocycles. The lowest BCUT2D eigenvalue weighted by atomic mass is 9.39. The lowest BCUT2D eigenvalue weighted by Crippen LogP contribution is -2.58. The summed E-state index contributed by atoms with van der Waals surface area (Å²) in [6.07, 6.45) is -1.31. The molecule has 0 spiro atoms. The molecule has 176 valence electrons. The molecular weight excluding hydrogens is 480 g/mol. The molecule has 3 fully saturated rings. The fourth-order valence-corrected chi connectivity index (χ4v) is 6.58. The van der Waals surface area contributed by atoms with Gasteiger partial charge in [-0.3, -0.25) is 4.40 Å². The van der Waals surface area contributed by atoms with Gasteiger partial charge in [0.25, 0.3) is 0 Å². The Morgan fingerprint density at radius 1 is 1.17 bits per heavy atom. The van der Waals surface area contributed by atoms with Crippen LogP contribution in [0.1, 0.15) is 36.9 Å². The van der Waals surface area contributed by atoms with E-state index < -0.39 is 44.0 Å². The first-order valence-electron chi connectivity index (χ1n) is 10.5. The molecule has 4 N–H and O–H groups in total. The molecule has 0 aliphatic heterocycles. The molecule has 35 heavy (non-hydrogen) atoms. The predicted octanol–water partition coefficient (Wildman–Crippen LogP) is 0.949. The van der Waals surface area contributed by atoms with E-state index in [1.165, 1.54) is 24.4 Å². The molecule has 0 amide bonds. The van der Waals surface area contributed by atoms with Crippen molar-refractivity contribution in [3.05, 3.63) is 41.9 Å². The number of nitrogens with one attached hydrogen (secondary N) is 1. The molecule has 2 bridgehead atoms. The highest BCUT2D eigenvalue weighted by atomic mass is 32.2. The highest BCUT2D eigenvalue weighted by molar-refractivity contribution is 7.89. The Bertz CT molecular complexity index is 1460. The molecule has 6 rings (SSSR count). The van der Waals surface area contributed by atoms with Gasteiger partial charge in [0, 0.05) is 17.3 Å². The first kappa shape index (κ1) is 24.2. The standard InChI is InChI=1S/C20H17B3F3N5O3S/c21-19(22,23)12-2-1-10(35(33,34)30-17-3-4-18(32,8-17)9-17)5-11(12)13-6-28-16-15(27)29-14(7-31(13)16)20(24,25)26/h1-2,5-7,30,32H,3-4,8-9H2,(H2,27,29). The predicted molar refractivity (Wildman–Crippen MR) is 123 cm³/mol. The number of aliphatic hydroxyl groups is 1. The monoisotopic (exact) mass is 497 g/mol. The maximum Gasteiger partial charge on any atom is 0.434 e. The number of nitrogens with zero attached hydrogens (tertiary/aromatic N) is 3. The zero-order valence-corrected chi connectivity index (χ0v) is 19.0. The van der Waals surface area contributed by atoms with Gasteiger partial charge in [-0.05, 0) is 37.8 Å². The minimum absolute atomic E-state index is 0.0226. The van der Waals surface area contributed by atoms with Crippen molar-refractivity contribution in [1.82, 2.24) is 19.1 Å². The van der Waals surface area contributed by atoms with E-state index in [1.54, 1.807) is 0 Å². The Morgan fingerprint density at radius 2 is 1.86 bits per heavy atom. The van der Waals surface area contributed by atoms with Crippen LogP contribution in [0.3, 0.4) is 0 Å². The number of rotatable bonds is 5. The second-order valence-electron chi connectivity index (χ2n) is 9.45. The quantitative estimate of drug-likeness (QED) is 0.452. The topological polar surface area (TPSA) is 123 Å². The van der Waals surface area contributed by atoms with Crippen molar-refractivity contribution in [3.63, 3.8) is 0 Å². The Balaban J connectivity index is 1.65. The van der Waals surface area contributed by atoms with Crippen molar-refractivity contribution in [3.8, 4) is 11.3 Å². The smallest absolute Gasteiger partial charge is 0.390 e. The van der Waals surface area contributed by atoms with Crippen LogP contribution in [0, 0.1) is 0 Å². The Kier molecular flexibility index (Phi) is 5.02. The summed E-state index contributed by atoms with van der Waals surface area (Å²) < 4.78 is 70.2. The first-order chi connectivity index (χ1) is 16.0. The normalized spacial score (nSPS) is 24.6. The van der Waals surface area contributed by atoms with Gasteiger partial charge in [-0.25, -0.2) is 23.1 Å². The number of nitrogen functional groups attached to an aromatic ring is 1. The van der Waals surface area contributed by atoms with Crippen molar-refractivity contribution >= 4 is 45.0 Å². The van der Waals surface area contributed by atoms with E-state index in [9.17, 15) is 26.7 Å². The zero-order valence-electron chi connectivity index (χ0n) is 18.2. The third-order valence-electron chi connectivity index (χ3n) is 6.61. The van der Waals surface area contributed by atoms with E-state index in [2.05, 4.69) is 14.7 Å². The van der Waals surface area contributed by atoms with Crippen molar-refractivity contribution < 1.29 is 26.7 Å². The van der Waals surface area contributed by atoms with Gasteiger partial charge in [0.1, 0.15) is 0 Å². The number of sulfonamides is 1. The molecule has 3 aliphatic rings. The molecule has 15 heteroatoms. The van der Waals surface area contributed by atoms with E-state index in [0.717, 1.165) is 4.40 Å². The number of fused-ring (bicyclic) bond motifs is 2. The fraction of sp³-hybridized carbons (Fsp3) is 0.400. The maximum atomic E-state index is 13.4. The lowest BCUT2D eigenvalue weighted by Gasteiger charge is -2.44. The van der Waals surface area contributed by atoms with Gasteiger partial charge in [-0.2, -0.15) is 13.2 Å². The van der Waals surface area contributed by atoms with Gasteiger partial charge in [0.05, 0.1) is 45.9 Å². The first-order valence-corrected chi connectivity index (χ1v) is 12.0. The minimum atomic E-state index is -4.80. The average Bonchev–Trinajstić information content (AvgIpc) is 3.36. The van der Waals surface area contributed by atoms with Crippen LogP contribution in [0.2, 0.25) is 0 Å². The van der Waals surface area contributed by atoms with Crippen LogP contribution in [0.4, 0.5) is 19.0 Å². The summed E-state index contributed by atoms with van der Waals surface area (Å²) in [4.78, 5) is 7.20. The Morgan fingerprint density at radius 3 is 2.43 bits per heavy atom. The number of anilines is 1. The molecule has 0 atom stereocenters. The van der Waals surface area contributed by atoms with E-state index in [0.29, 0.717) is 31.9 Å². The van der Waals surface area contributed by atoms with E-state index >= 15 is 0 Å². The molecule has 0 unspecified atom stereocenters. The van der Waals surface area contributed by atoms with Gasteiger partial charge >= 0.3 is 6.18 Å². The minimum Gasteiger partial charge on any atom is -0.390 e. The molecular formula is C20H17B3F3N5O3S. The van der Waals surface area contributed by atoms with E-state index in [4.69, 9.17) is 29.3 Å². The van der Waals surface area contributed by atoms with Crippen LogP contribution < -0.4 is 10.5 Å². The van der Waals surface area contributed by atoms with Crippen LogP contribution in [-0.2, 0) is 21.3 Å². The summed E-state index contributed by atoms with van der Waals surface area (Å²) in [7, 11) is 13.6. The lowest BCUT2D eigenvalue weighted by molar-refractivity contribution is -0.141. The van der Waals surface area contributed by atoms with Crippen molar-refractivity contribution in [2.75, 3.05) is 5.73 Å². The van der Waals surface area contributed by atoms with E-state index in [-0.39, 0.29) is 27.4 Å². The molecule has 1 aromatic carbocycles. The number of imidazole rings is 1. The van der Waals surface area contributed by atoms with Crippen molar-refractivity contribution in [2.45, 2.75) is 53.0 Å². The number of hydrogen-bond acceptors (Lipinski definition) is 6. The molecule has 8 nitrogen and oxygen atoms in total.